The standard InChI is InChI=1S/C15H18FN3O2/c1-4-21-15(20)12(10-5-7-11(16)8-6-10)14-17-13(9(2)3)18-19-14/h5-9,12H,4H2,1-3H3,(H,17,18,19). The molecule has 1 aromatic carbocycles. The molecule has 0 radical (unpaired) electrons. The maximum atomic E-state index is 13.1. The van der Waals surface area contributed by atoms with E-state index in [9.17, 15) is 9.18 Å². The number of carbonyl (C=O) groups excluding carboxylic acids is 1. The fourth-order valence-electron chi connectivity index (χ4n) is 1.96. The lowest BCUT2D eigenvalue weighted by atomic mass is 9.98. The number of H-pyrrole nitrogens is 1. The summed E-state index contributed by atoms with van der Waals surface area (Å²) in [6, 6.07) is 5.71. The summed E-state index contributed by atoms with van der Waals surface area (Å²) >= 11 is 0. The van der Waals surface area contributed by atoms with E-state index in [-0.39, 0.29) is 18.3 Å². The van der Waals surface area contributed by atoms with Gasteiger partial charge in [0.15, 0.2) is 5.82 Å². The van der Waals surface area contributed by atoms with Crippen LogP contribution >= 0.6 is 0 Å². The third-order valence-electron chi connectivity index (χ3n) is 3.04. The molecule has 1 heterocycles. The lowest BCUT2D eigenvalue weighted by molar-refractivity contribution is -0.144. The molecule has 5 nitrogen and oxygen atoms in total. The number of nitrogens with zero attached hydrogens (tertiary/aromatic N) is 2. The summed E-state index contributed by atoms with van der Waals surface area (Å²) in [6.45, 7) is 5.93. The van der Waals surface area contributed by atoms with Crippen molar-refractivity contribution in [2.24, 2.45) is 0 Å². The molecule has 112 valence electrons. The number of carbonyl (C=O) groups is 1. The molecule has 0 aliphatic carbocycles. The van der Waals surface area contributed by atoms with Crippen molar-refractivity contribution in [3.8, 4) is 0 Å². The zero-order valence-electron chi connectivity index (χ0n) is 12.3. The second kappa shape index (κ2) is 6.47. The summed E-state index contributed by atoms with van der Waals surface area (Å²) in [5.74, 6) is -0.348. The van der Waals surface area contributed by atoms with Crippen molar-refractivity contribution in [1.29, 1.82) is 0 Å². The van der Waals surface area contributed by atoms with Gasteiger partial charge in [-0.05, 0) is 24.6 Å². The highest BCUT2D eigenvalue weighted by molar-refractivity contribution is 5.81. The topological polar surface area (TPSA) is 67.9 Å². The Bertz CT molecular complexity index is 608. The average molecular weight is 291 g/mol. The number of ether oxygens (including phenoxy) is 1. The molecule has 0 bridgehead atoms. The summed E-state index contributed by atoms with van der Waals surface area (Å²) in [7, 11) is 0. The van der Waals surface area contributed by atoms with Crippen LogP contribution in [0.5, 0.6) is 0 Å². The van der Waals surface area contributed by atoms with Gasteiger partial charge >= 0.3 is 5.97 Å². The molecule has 0 fully saturated rings. The summed E-state index contributed by atoms with van der Waals surface area (Å²) < 4.78 is 18.2. The molecule has 0 amide bonds. The van der Waals surface area contributed by atoms with E-state index in [1.54, 1.807) is 19.1 Å². The molecule has 0 saturated heterocycles. The molecule has 0 spiro atoms. The number of esters is 1. The SMILES string of the molecule is CCOC(=O)C(c1ccc(F)cc1)c1nc(C(C)C)n[nH]1. The molecule has 0 saturated carbocycles. The summed E-state index contributed by atoms with van der Waals surface area (Å²) in [5, 5.41) is 6.89. The largest absolute Gasteiger partial charge is 0.465 e. The number of halogens is 1. The molecular weight excluding hydrogens is 273 g/mol. The number of hydrogen-bond donors (Lipinski definition) is 1. The normalized spacial score (nSPS) is 12.4. The first-order valence-corrected chi connectivity index (χ1v) is 6.87. The predicted molar refractivity (Wildman–Crippen MR) is 75.3 cm³/mol. The van der Waals surface area contributed by atoms with Crippen LogP contribution in [0.4, 0.5) is 4.39 Å². The van der Waals surface area contributed by atoms with Crippen molar-refractivity contribution in [2.45, 2.75) is 32.6 Å². The number of benzene rings is 1. The third-order valence-corrected chi connectivity index (χ3v) is 3.04. The van der Waals surface area contributed by atoms with Crippen molar-refractivity contribution in [3.63, 3.8) is 0 Å². The van der Waals surface area contributed by atoms with Gasteiger partial charge in [-0.15, -0.1) is 0 Å². The minimum Gasteiger partial charge on any atom is -0.465 e. The molecule has 21 heavy (non-hydrogen) atoms. The molecule has 1 N–H and O–H groups in total. The van der Waals surface area contributed by atoms with Gasteiger partial charge in [-0.3, -0.25) is 9.89 Å². The van der Waals surface area contributed by atoms with Gasteiger partial charge < -0.3 is 4.74 Å². The number of aromatic amines is 1. The lowest BCUT2D eigenvalue weighted by Gasteiger charge is -2.13. The van der Waals surface area contributed by atoms with Crippen LogP contribution < -0.4 is 0 Å². The first kappa shape index (κ1) is 15.2. The van der Waals surface area contributed by atoms with E-state index >= 15 is 0 Å². The van der Waals surface area contributed by atoms with Crippen LogP contribution in [-0.4, -0.2) is 27.8 Å². The van der Waals surface area contributed by atoms with Crippen LogP contribution in [0.15, 0.2) is 24.3 Å². The van der Waals surface area contributed by atoms with Crippen molar-refractivity contribution >= 4 is 5.97 Å². The van der Waals surface area contributed by atoms with Crippen LogP contribution in [0.3, 0.4) is 0 Å². The van der Waals surface area contributed by atoms with Crippen LogP contribution in [0.1, 0.15) is 49.8 Å². The molecule has 2 rings (SSSR count). The van der Waals surface area contributed by atoms with Crippen LogP contribution in [-0.2, 0) is 9.53 Å². The fourth-order valence-corrected chi connectivity index (χ4v) is 1.96. The van der Waals surface area contributed by atoms with Gasteiger partial charge in [0.1, 0.15) is 17.6 Å². The first-order valence-electron chi connectivity index (χ1n) is 6.87. The van der Waals surface area contributed by atoms with Crippen LogP contribution in [0, 0.1) is 5.82 Å². The molecular formula is C15H18FN3O2. The minimum absolute atomic E-state index is 0.145. The van der Waals surface area contributed by atoms with E-state index in [0.29, 0.717) is 17.2 Å². The van der Waals surface area contributed by atoms with E-state index < -0.39 is 11.9 Å². The van der Waals surface area contributed by atoms with Crippen molar-refractivity contribution in [1.82, 2.24) is 15.2 Å². The van der Waals surface area contributed by atoms with Gasteiger partial charge in [-0.2, -0.15) is 5.10 Å². The highest BCUT2D eigenvalue weighted by atomic mass is 19.1. The third kappa shape index (κ3) is 3.45. The molecule has 0 aliphatic heterocycles. The fraction of sp³-hybridized carbons (Fsp3) is 0.400. The van der Waals surface area contributed by atoms with Gasteiger partial charge in [-0.25, -0.2) is 9.37 Å². The smallest absolute Gasteiger partial charge is 0.321 e. The minimum atomic E-state index is -0.731. The summed E-state index contributed by atoms with van der Waals surface area (Å²) in [4.78, 5) is 16.6. The van der Waals surface area contributed by atoms with E-state index in [2.05, 4.69) is 15.2 Å². The molecule has 6 heteroatoms. The molecule has 0 aliphatic rings. The highest BCUT2D eigenvalue weighted by Crippen LogP contribution is 2.24. The van der Waals surface area contributed by atoms with Crippen LogP contribution in [0.2, 0.25) is 0 Å². The van der Waals surface area contributed by atoms with Crippen LogP contribution in [0.25, 0.3) is 0 Å². The zero-order chi connectivity index (χ0) is 15.4. The Balaban J connectivity index is 2.39. The van der Waals surface area contributed by atoms with Gasteiger partial charge in [0.25, 0.3) is 0 Å². The van der Waals surface area contributed by atoms with Gasteiger partial charge in [-0.1, -0.05) is 26.0 Å². The zero-order valence-corrected chi connectivity index (χ0v) is 12.3. The number of nitrogens with one attached hydrogen (secondary N) is 1. The number of aromatic nitrogens is 3. The summed E-state index contributed by atoms with van der Waals surface area (Å²) in [6.07, 6.45) is 0. The Morgan fingerprint density at radius 1 is 1.33 bits per heavy atom. The Morgan fingerprint density at radius 3 is 2.52 bits per heavy atom. The van der Waals surface area contributed by atoms with Crippen molar-refractivity contribution < 1.29 is 13.9 Å². The Hall–Kier alpha value is -2.24. The second-order valence-corrected chi connectivity index (χ2v) is 4.97. The van der Waals surface area contributed by atoms with E-state index in [0.717, 1.165) is 0 Å². The quantitative estimate of drug-likeness (QED) is 0.860. The molecule has 2 aromatic rings. The second-order valence-electron chi connectivity index (χ2n) is 4.97. The van der Waals surface area contributed by atoms with Gasteiger partial charge in [0, 0.05) is 5.92 Å². The lowest BCUT2D eigenvalue weighted by Crippen LogP contribution is -2.18. The van der Waals surface area contributed by atoms with Crippen molar-refractivity contribution in [3.05, 3.63) is 47.3 Å². The molecule has 1 unspecified atom stereocenters. The predicted octanol–water partition coefficient (Wildman–Crippen LogP) is 2.76. The first-order chi connectivity index (χ1) is 10.0. The van der Waals surface area contributed by atoms with E-state index in [1.165, 1.54) is 12.1 Å². The average Bonchev–Trinajstić information content (AvgIpc) is 2.91. The molecule has 1 aromatic heterocycles. The van der Waals surface area contributed by atoms with Crippen molar-refractivity contribution in [2.75, 3.05) is 6.61 Å². The summed E-state index contributed by atoms with van der Waals surface area (Å²) in [5.41, 5.74) is 0.612. The molecule has 1 atom stereocenters. The number of rotatable bonds is 5. The van der Waals surface area contributed by atoms with E-state index in [1.807, 2.05) is 13.8 Å². The number of hydrogen-bond acceptors (Lipinski definition) is 4. The Kier molecular flexibility index (Phi) is 4.67. The van der Waals surface area contributed by atoms with E-state index in [4.69, 9.17) is 4.74 Å². The highest BCUT2D eigenvalue weighted by Gasteiger charge is 2.28. The maximum Gasteiger partial charge on any atom is 0.321 e. The van der Waals surface area contributed by atoms with Gasteiger partial charge in [0.2, 0.25) is 0 Å². The van der Waals surface area contributed by atoms with Gasteiger partial charge in [0.05, 0.1) is 6.61 Å². The maximum absolute atomic E-state index is 13.1. The Labute approximate surface area is 122 Å². The Morgan fingerprint density at radius 2 is 2.00 bits per heavy atom. The monoisotopic (exact) mass is 291 g/mol.